The van der Waals surface area contributed by atoms with Crippen LogP contribution in [0.15, 0.2) is 0 Å². The molecule has 0 radical (unpaired) electrons. The number of aliphatic hydroxyl groups excluding tert-OH is 1. The van der Waals surface area contributed by atoms with E-state index in [0.717, 1.165) is 0 Å². The summed E-state index contributed by atoms with van der Waals surface area (Å²) in [6, 6.07) is 0. The smallest absolute Gasteiger partial charge is 0.324 e. The monoisotopic (exact) mass is 238 g/mol. The van der Waals surface area contributed by atoms with Crippen LogP contribution in [0.3, 0.4) is 0 Å². The van der Waals surface area contributed by atoms with Crippen LogP contribution in [0.25, 0.3) is 0 Å². The van der Waals surface area contributed by atoms with Crippen LogP contribution >= 0.6 is 8.60 Å². The van der Waals surface area contributed by atoms with Crippen molar-refractivity contribution >= 4 is 26.4 Å². The Balaban J connectivity index is 0.000000423. The Labute approximate surface area is 85.6 Å². The van der Waals surface area contributed by atoms with Crippen LogP contribution < -0.4 is 16.8 Å². The molecule has 11 heteroatoms. The molecular weight excluding hydrogens is 227 g/mol. The van der Waals surface area contributed by atoms with E-state index < -0.39 is 8.60 Å². The van der Waals surface area contributed by atoms with Crippen LogP contribution in [-0.2, 0) is 0 Å². The Morgan fingerprint density at radius 3 is 1.80 bits per heavy atom. The molecule has 0 aliphatic carbocycles. The van der Waals surface area contributed by atoms with E-state index >= 15 is 0 Å². The topological polar surface area (TPSA) is 184 Å². The van der Waals surface area contributed by atoms with Gasteiger partial charge in [-0.25, -0.2) is 0 Å². The van der Waals surface area contributed by atoms with Gasteiger partial charge < -0.3 is 36.6 Å². The molecule has 15 heavy (non-hydrogen) atoms. The first kappa shape index (κ1) is 13.7. The summed E-state index contributed by atoms with van der Waals surface area (Å²) < 4.78 is 0. The van der Waals surface area contributed by atoms with Crippen LogP contribution in [0, 0.1) is 0 Å². The van der Waals surface area contributed by atoms with Crippen molar-refractivity contribution in [2.24, 2.45) is 0 Å². The lowest BCUT2D eigenvalue weighted by atomic mass is 10.8. The first-order chi connectivity index (χ1) is 6.95. The summed E-state index contributed by atoms with van der Waals surface area (Å²) in [4.78, 5) is 32.5. The third kappa shape index (κ3) is 7.73. The van der Waals surface area contributed by atoms with Gasteiger partial charge in [0, 0.05) is 0 Å². The molecule has 0 aliphatic rings. The molecule has 0 bridgehead atoms. The lowest BCUT2D eigenvalue weighted by Gasteiger charge is -2.00. The molecule has 0 fully saturated rings. The highest BCUT2D eigenvalue weighted by atomic mass is 31.2. The summed E-state index contributed by atoms with van der Waals surface area (Å²) in [6.07, 6.45) is 0. The predicted molar refractivity (Wildman–Crippen MR) is 52.9 cm³/mol. The Morgan fingerprint density at radius 1 is 1.07 bits per heavy atom. The molecule has 0 saturated heterocycles. The molecule has 10 nitrogen and oxygen atoms in total. The Morgan fingerprint density at radius 2 is 1.47 bits per heavy atom. The van der Waals surface area contributed by atoms with Crippen molar-refractivity contribution in [1.29, 1.82) is 0 Å². The van der Waals surface area contributed by atoms with Gasteiger partial charge in [-0.3, -0.25) is 0 Å². The number of rotatable bonds is 2. The molecule has 1 heterocycles. The highest BCUT2D eigenvalue weighted by molar-refractivity contribution is 7.38. The van der Waals surface area contributed by atoms with E-state index in [2.05, 4.69) is 20.3 Å². The van der Waals surface area contributed by atoms with Crippen molar-refractivity contribution in [3.05, 3.63) is 0 Å². The van der Waals surface area contributed by atoms with Gasteiger partial charge in [-0.05, 0) is 0 Å². The highest BCUT2D eigenvalue weighted by Crippen LogP contribution is 2.11. The van der Waals surface area contributed by atoms with Crippen LogP contribution in [-0.4, -0.2) is 41.5 Å². The van der Waals surface area contributed by atoms with Gasteiger partial charge in [0.1, 0.15) is 6.73 Å². The van der Waals surface area contributed by atoms with Crippen LogP contribution in [0.5, 0.6) is 0 Å². The summed E-state index contributed by atoms with van der Waals surface area (Å²) >= 11 is 0. The number of anilines is 3. The maximum atomic E-state index is 8.41. The molecule has 0 aliphatic heterocycles. The zero-order valence-electron chi connectivity index (χ0n) is 7.44. The number of nitrogen functional groups attached to an aromatic ring is 2. The zero-order valence-corrected chi connectivity index (χ0v) is 8.33. The van der Waals surface area contributed by atoms with Gasteiger partial charge in [-0.15, -0.1) is 0 Å². The van der Waals surface area contributed by atoms with E-state index in [9.17, 15) is 0 Å². The van der Waals surface area contributed by atoms with E-state index in [1.54, 1.807) is 0 Å². The SMILES string of the molecule is Nc1nc(N)nc(NCO)n1.OP(O)O. The minimum absolute atomic E-state index is 0.0217. The summed E-state index contributed by atoms with van der Waals surface area (Å²) in [5.41, 5.74) is 10.5. The van der Waals surface area contributed by atoms with Gasteiger partial charge >= 0.3 is 8.60 Å². The number of nitrogens with two attached hydrogens (primary N) is 2. The Kier molecular flexibility index (Phi) is 6.42. The fourth-order valence-corrected chi connectivity index (χ4v) is 0.559. The van der Waals surface area contributed by atoms with Gasteiger partial charge in [-0.1, -0.05) is 0 Å². The molecule has 9 N–H and O–H groups in total. The van der Waals surface area contributed by atoms with E-state index in [0.29, 0.717) is 0 Å². The normalized spacial score (nSPS) is 9.40. The molecule has 1 aromatic rings. The van der Waals surface area contributed by atoms with Gasteiger partial charge in [-0.2, -0.15) is 15.0 Å². The first-order valence-electron chi connectivity index (χ1n) is 3.44. The molecule has 0 aromatic carbocycles. The fraction of sp³-hybridized carbons (Fsp3) is 0.250. The number of nitrogens with zero attached hydrogens (tertiary/aromatic N) is 3. The highest BCUT2D eigenvalue weighted by Gasteiger charge is 1.98. The molecular formula is C4H11N6O4P. The first-order valence-corrected chi connectivity index (χ1v) is 4.64. The van der Waals surface area contributed by atoms with Crippen LogP contribution in [0.1, 0.15) is 0 Å². The maximum Gasteiger partial charge on any atom is 0.324 e. The summed E-state index contributed by atoms with van der Waals surface area (Å²) in [6.45, 7) is -0.275. The molecule has 0 spiro atoms. The maximum absolute atomic E-state index is 8.41. The van der Waals surface area contributed by atoms with E-state index in [1.807, 2.05) is 0 Å². The summed E-state index contributed by atoms with van der Waals surface area (Å²) in [7, 11) is -2.62. The lowest BCUT2D eigenvalue weighted by Crippen LogP contribution is -2.09. The second-order valence-corrected chi connectivity index (χ2v) is 2.52. The second kappa shape index (κ2) is 7.04. The predicted octanol–water partition coefficient (Wildman–Crippen LogP) is -2.41. The van der Waals surface area contributed by atoms with Crippen LogP contribution in [0.4, 0.5) is 17.8 Å². The number of nitrogens with one attached hydrogen (secondary N) is 1. The number of hydrogen-bond acceptors (Lipinski definition) is 10. The third-order valence-corrected chi connectivity index (χ3v) is 0.907. The minimum atomic E-state index is -2.62. The number of hydrogen-bond donors (Lipinski definition) is 7. The average molecular weight is 238 g/mol. The third-order valence-electron chi connectivity index (χ3n) is 0.907. The quantitative estimate of drug-likeness (QED) is 0.216. The van der Waals surface area contributed by atoms with Crippen molar-refractivity contribution in [3.8, 4) is 0 Å². The van der Waals surface area contributed by atoms with Crippen molar-refractivity contribution < 1.29 is 19.8 Å². The zero-order chi connectivity index (χ0) is 11.8. The Bertz CT molecular complexity index is 275. The van der Waals surface area contributed by atoms with Crippen molar-refractivity contribution in [1.82, 2.24) is 15.0 Å². The van der Waals surface area contributed by atoms with E-state index in [1.165, 1.54) is 0 Å². The van der Waals surface area contributed by atoms with Gasteiger partial charge in [0.25, 0.3) is 0 Å². The molecule has 0 unspecified atom stereocenters. The van der Waals surface area contributed by atoms with Gasteiger partial charge in [0.05, 0.1) is 0 Å². The van der Waals surface area contributed by atoms with E-state index in [4.69, 9.17) is 31.3 Å². The second-order valence-electron chi connectivity index (χ2n) is 1.98. The average Bonchev–Trinajstić information content (AvgIpc) is 2.00. The van der Waals surface area contributed by atoms with Gasteiger partial charge in [0.15, 0.2) is 0 Å². The molecule has 0 saturated carbocycles. The van der Waals surface area contributed by atoms with Crippen molar-refractivity contribution in [3.63, 3.8) is 0 Å². The van der Waals surface area contributed by atoms with Gasteiger partial charge in [0.2, 0.25) is 17.8 Å². The van der Waals surface area contributed by atoms with Crippen LogP contribution in [0.2, 0.25) is 0 Å². The lowest BCUT2D eigenvalue weighted by molar-refractivity contribution is 0.324. The largest absolute Gasteiger partial charge is 0.376 e. The Hall–Kier alpha value is -1.32. The molecule has 1 rings (SSSR count). The molecule has 1 aromatic heterocycles. The van der Waals surface area contributed by atoms with Crippen molar-refractivity contribution in [2.75, 3.05) is 23.5 Å². The minimum Gasteiger partial charge on any atom is -0.376 e. The van der Waals surface area contributed by atoms with Crippen molar-refractivity contribution in [2.45, 2.75) is 0 Å². The number of aromatic nitrogens is 3. The summed E-state index contributed by atoms with van der Waals surface area (Å²) in [5, 5.41) is 10.8. The standard InChI is InChI=1S/C4H8N6O.H3O3P/c5-2-8-3(6)10-4(9-2)7-1-11;1-4(2)3/h11H,1H2,(H5,5,6,7,8,9,10);1-3H. The molecule has 86 valence electrons. The fourth-order valence-electron chi connectivity index (χ4n) is 0.559. The molecule has 0 atom stereocenters. The van der Waals surface area contributed by atoms with E-state index in [-0.39, 0.29) is 24.6 Å². The molecule has 0 amide bonds. The number of aliphatic hydroxyl groups is 1. The summed E-state index contributed by atoms with van der Waals surface area (Å²) in [5.74, 6) is 0.208.